The van der Waals surface area contributed by atoms with E-state index in [2.05, 4.69) is 41.7 Å². The molecule has 2 aromatic carbocycles. The Morgan fingerprint density at radius 2 is 1.96 bits per heavy atom. The molecule has 3 rings (SSSR count). The molecule has 0 heterocycles. The van der Waals surface area contributed by atoms with Crippen molar-refractivity contribution in [3.8, 4) is 5.75 Å². The van der Waals surface area contributed by atoms with Crippen molar-refractivity contribution >= 4 is 5.91 Å². The van der Waals surface area contributed by atoms with E-state index in [4.69, 9.17) is 4.74 Å². The maximum Gasteiger partial charge on any atom is 0.219 e. The molecule has 0 radical (unpaired) electrons. The lowest BCUT2D eigenvalue weighted by atomic mass is 9.77. The SMILES string of the molecule is CCC(=O)NC1Cc2c(OC)cccc2C(Cc2ccccc2)C1. The first-order chi connectivity index (χ1) is 11.7. The number of nitrogens with one attached hydrogen (secondary N) is 1. The maximum atomic E-state index is 11.9. The van der Waals surface area contributed by atoms with Crippen LogP contribution in [0.4, 0.5) is 0 Å². The molecule has 24 heavy (non-hydrogen) atoms. The zero-order chi connectivity index (χ0) is 16.9. The Hall–Kier alpha value is -2.29. The van der Waals surface area contributed by atoms with E-state index in [-0.39, 0.29) is 11.9 Å². The smallest absolute Gasteiger partial charge is 0.219 e. The molecular weight excluding hydrogens is 298 g/mol. The fraction of sp³-hybridized carbons (Fsp3) is 0.381. The van der Waals surface area contributed by atoms with Crippen molar-refractivity contribution in [2.45, 2.75) is 44.6 Å². The summed E-state index contributed by atoms with van der Waals surface area (Å²) in [6, 6.07) is 17.0. The molecule has 3 heteroatoms. The number of rotatable bonds is 5. The summed E-state index contributed by atoms with van der Waals surface area (Å²) in [6.07, 6.45) is 3.33. The van der Waals surface area contributed by atoms with Crippen molar-refractivity contribution < 1.29 is 9.53 Å². The predicted octanol–water partition coefficient (Wildman–Crippen LogP) is 3.86. The van der Waals surface area contributed by atoms with Gasteiger partial charge in [0.15, 0.2) is 0 Å². The van der Waals surface area contributed by atoms with E-state index in [0.717, 1.165) is 25.0 Å². The highest BCUT2D eigenvalue weighted by Gasteiger charge is 2.29. The molecule has 1 N–H and O–H groups in total. The second-order valence-corrected chi connectivity index (χ2v) is 6.47. The van der Waals surface area contributed by atoms with E-state index in [1.807, 2.05) is 19.1 Å². The average molecular weight is 323 g/mol. The number of benzene rings is 2. The predicted molar refractivity (Wildman–Crippen MR) is 96.4 cm³/mol. The van der Waals surface area contributed by atoms with E-state index >= 15 is 0 Å². The summed E-state index contributed by atoms with van der Waals surface area (Å²) < 4.78 is 5.58. The number of carbonyl (C=O) groups is 1. The minimum absolute atomic E-state index is 0.122. The third-order valence-corrected chi connectivity index (χ3v) is 4.86. The van der Waals surface area contributed by atoms with E-state index in [9.17, 15) is 4.79 Å². The quantitative estimate of drug-likeness (QED) is 0.907. The molecule has 0 spiro atoms. The first kappa shape index (κ1) is 16.6. The molecule has 3 nitrogen and oxygen atoms in total. The third kappa shape index (κ3) is 3.61. The van der Waals surface area contributed by atoms with Crippen molar-refractivity contribution in [2.24, 2.45) is 0 Å². The van der Waals surface area contributed by atoms with Gasteiger partial charge in [0.25, 0.3) is 0 Å². The topological polar surface area (TPSA) is 38.3 Å². The Morgan fingerprint density at radius 3 is 2.67 bits per heavy atom. The van der Waals surface area contributed by atoms with Crippen molar-refractivity contribution in [3.63, 3.8) is 0 Å². The largest absolute Gasteiger partial charge is 0.496 e. The standard InChI is InChI=1S/C21H25NO2/c1-3-21(23)22-17-13-16(12-15-8-5-4-6-9-15)18-10-7-11-20(24-2)19(18)14-17/h4-11,16-17H,3,12-14H2,1-2H3,(H,22,23). The fourth-order valence-electron chi connectivity index (χ4n) is 3.71. The zero-order valence-corrected chi connectivity index (χ0v) is 14.4. The summed E-state index contributed by atoms with van der Waals surface area (Å²) in [7, 11) is 1.72. The minimum atomic E-state index is 0.122. The summed E-state index contributed by atoms with van der Waals surface area (Å²) in [4.78, 5) is 11.9. The van der Waals surface area contributed by atoms with Gasteiger partial charge in [-0.3, -0.25) is 4.79 Å². The van der Waals surface area contributed by atoms with Gasteiger partial charge < -0.3 is 10.1 Å². The lowest BCUT2D eigenvalue weighted by Gasteiger charge is -2.33. The van der Waals surface area contributed by atoms with E-state index in [1.54, 1.807) is 7.11 Å². The van der Waals surface area contributed by atoms with Crippen LogP contribution in [-0.2, 0) is 17.6 Å². The molecule has 0 bridgehead atoms. The minimum Gasteiger partial charge on any atom is -0.496 e. The number of methoxy groups -OCH3 is 1. The van der Waals surface area contributed by atoms with Crippen LogP contribution < -0.4 is 10.1 Å². The van der Waals surface area contributed by atoms with Gasteiger partial charge in [0.2, 0.25) is 5.91 Å². The van der Waals surface area contributed by atoms with E-state index in [1.165, 1.54) is 16.7 Å². The van der Waals surface area contributed by atoms with Crippen LogP contribution in [0.15, 0.2) is 48.5 Å². The molecule has 126 valence electrons. The van der Waals surface area contributed by atoms with Crippen molar-refractivity contribution in [3.05, 3.63) is 65.2 Å². The van der Waals surface area contributed by atoms with Gasteiger partial charge in [-0.25, -0.2) is 0 Å². The third-order valence-electron chi connectivity index (χ3n) is 4.86. The highest BCUT2D eigenvalue weighted by atomic mass is 16.5. The fourth-order valence-corrected chi connectivity index (χ4v) is 3.71. The Kier molecular flexibility index (Phi) is 5.19. The zero-order valence-electron chi connectivity index (χ0n) is 14.4. The number of hydrogen-bond donors (Lipinski definition) is 1. The first-order valence-electron chi connectivity index (χ1n) is 8.70. The molecule has 0 aromatic heterocycles. The van der Waals surface area contributed by atoms with E-state index < -0.39 is 0 Å². The summed E-state index contributed by atoms with van der Waals surface area (Å²) in [5, 5.41) is 3.18. The van der Waals surface area contributed by atoms with Crippen LogP contribution in [0.2, 0.25) is 0 Å². The van der Waals surface area contributed by atoms with Crippen LogP contribution in [0.5, 0.6) is 5.75 Å². The van der Waals surface area contributed by atoms with Gasteiger partial charge in [0.05, 0.1) is 7.11 Å². The lowest BCUT2D eigenvalue weighted by Crippen LogP contribution is -2.40. The number of hydrogen-bond acceptors (Lipinski definition) is 2. The van der Waals surface area contributed by atoms with Gasteiger partial charge in [-0.2, -0.15) is 0 Å². The second-order valence-electron chi connectivity index (χ2n) is 6.47. The van der Waals surface area contributed by atoms with Crippen LogP contribution in [0.1, 0.15) is 42.4 Å². The van der Waals surface area contributed by atoms with E-state index in [0.29, 0.717) is 12.3 Å². The Bertz CT molecular complexity index is 696. The summed E-state index contributed by atoms with van der Waals surface area (Å²) in [5.41, 5.74) is 3.94. The molecule has 0 fully saturated rings. The molecule has 1 aliphatic carbocycles. The number of fused-ring (bicyclic) bond motifs is 1. The highest BCUT2D eigenvalue weighted by Crippen LogP contribution is 2.38. The van der Waals surface area contributed by atoms with Crippen LogP contribution in [-0.4, -0.2) is 19.1 Å². The van der Waals surface area contributed by atoms with Gasteiger partial charge in [0.1, 0.15) is 5.75 Å². The molecule has 0 aliphatic heterocycles. The molecule has 1 amide bonds. The van der Waals surface area contributed by atoms with Gasteiger partial charge >= 0.3 is 0 Å². The van der Waals surface area contributed by atoms with Crippen LogP contribution in [0.3, 0.4) is 0 Å². The van der Waals surface area contributed by atoms with Crippen molar-refractivity contribution in [1.29, 1.82) is 0 Å². The van der Waals surface area contributed by atoms with Gasteiger partial charge in [-0.1, -0.05) is 49.4 Å². The Balaban J connectivity index is 1.90. The van der Waals surface area contributed by atoms with Gasteiger partial charge in [-0.05, 0) is 47.9 Å². The monoisotopic (exact) mass is 323 g/mol. The first-order valence-corrected chi connectivity index (χ1v) is 8.70. The average Bonchev–Trinajstić information content (AvgIpc) is 2.62. The lowest BCUT2D eigenvalue weighted by molar-refractivity contribution is -0.121. The van der Waals surface area contributed by atoms with Crippen molar-refractivity contribution in [1.82, 2.24) is 5.32 Å². The number of amides is 1. The van der Waals surface area contributed by atoms with Crippen LogP contribution in [0, 0.1) is 0 Å². The van der Waals surface area contributed by atoms with Gasteiger partial charge in [0, 0.05) is 12.5 Å². The van der Waals surface area contributed by atoms with Crippen LogP contribution in [0.25, 0.3) is 0 Å². The van der Waals surface area contributed by atoms with Gasteiger partial charge in [-0.15, -0.1) is 0 Å². The molecule has 1 aliphatic rings. The number of ether oxygens (including phenoxy) is 1. The summed E-state index contributed by atoms with van der Waals surface area (Å²) >= 11 is 0. The molecule has 2 atom stereocenters. The molecule has 2 aromatic rings. The van der Waals surface area contributed by atoms with Crippen LogP contribution >= 0.6 is 0 Å². The Labute approximate surface area is 144 Å². The highest BCUT2D eigenvalue weighted by molar-refractivity contribution is 5.76. The molecule has 0 saturated heterocycles. The number of carbonyl (C=O) groups excluding carboxylic acids is 1. The summed E-state index contributed by atoms with van der Waals surface area (Å²) in [5.74, 6) is 1.45. The maximum absolute atomic E-state index is 11.9. The van der Waals surface area contributed by atoms with Crippen molar-refractivity contribution in [2.75, 3.05) is 7.11 Å². The molecule has 2 unspecified atom stereocenters. The Morgan fingerprint density at radius 1 is 1.17 bits per heavy atom. The molecule has 0 saturated carbocycles. The second kappa shape index (κ2) is 7.52. The summed E-state index contributed by atoms with van der Waals surface area (Å²) in [6.45, 7) is 1.90. The normalized spacial score (nSPS) is 19.4. The molecular formula is C21H25NO2.